The zero-order valence-electron chi connectivity index (χ0n) is 32.0. The van der Waals surface area contributed by atoms with Crippen molar-refractivity contribution in [1.29, 1.82) is 0 Å². The minimum Gasteiger partial charge on any atom is -0.313 e. The molecule has 0 saturated carbocycles. The number of aromatic nitrogens is 4. The maximum absolute atomic E-state index is 16.7. The van der Waals surface area contributed by atoms with Gasteiger partial charge >= 0.3 is 7.44 Å². The molecule has 2 aromatic heterocycles. The predicted octanol–water partition coefficient (Wildman–Crippen LogP) is 13.0. The van der Waals surface area contributed by atoms with E-state index in [9.17, 15) is 0 Å². The van der Waals surface area contributed by atoms with Gasteiger partial charge in [0.2, 0.25) is 5.95 Å². The summed E-state index contributed by atoms with van der Waals surface area (Å²) in [5.74, 6) is 1.29. The number of allylic oxidation sites excluding steroid dienone is 4. The van der Waals surface area contributed by atoms with Gasteiger partial charge in [-0.2, -0.15) is 9.97 Å². The Balaban J connectivity index is 1.16. The lowest BCUT2D eigenvalue weighted by atomic mass is 10.0. The van der Waals surface area contributed by atoms with Crippen molar-refractivity contribution < 1.29 is 4.57 Å². The van der Waals surface area contributed by atoms with E-state index in [1.165, 1.54) is 27.5 Å². The van der Waals surface area contributed by atoms with Gasteiger partial charge in [0.05, 0.1) is 27.7 Å². The second kappa shape index (κ2) is 14.2. The van der Waals surface area contributed by atoms with E-state index >= 15 is 4.57 Å². The average molecular weight is 781 g/mol. The number of para-hydroxylation sites is 2. The Morgan fingerprint density at radius 3 is 1.76 bits per heavy atom. The molecule has 0 N–H and O–H groups in total. The van der Waals surface area contributed by atoms with Crippen LogP contribution < -0.4 is 14.6 Å². The standard InChI is InChI=1S/C51H37N6OP/c58-59(42-26-14-5-15-27-42)56(41-24-12-4-13-25-41)47-33-31-39(38-30-32-46-44(34-38)43-28-16-17-29-45(43)55(46)40-22-10-3-11-23-40)35-48(47)57(59)51-53-49(36-18-6-1-7-19-36)52-50(54-51)37-20-8-2-9-21-37/h1-10,12-22,24-35H,11,23H2. The van der Waals surface area contributed by atoms with Crippen LogP contribution in [0.2, 0.25) is 0 Å². The number of rotatable bonds is 7. The molecule has 1 aliphatic carbocycles. The van der Waals surface area contributed by atoms with Crippen LogP contribution in [0.1, 0.15) is 12.8 Å². The molecule has 0 saturated heterocycles. The van der Waals surface area contributed by atoms with Crippen LogP contribution in [0.4, 0.5) is 23.0 Å². The van der Waals surface area contributed by atoms with Gasteiger partial charge in [-0.25, -0.2) is 9.65 Å². The van der Waals surface area contributed by atoms with Gasteiger partial charge in [-0.1, -0.05) is 140 Å². The van der Waals surface area contributed by atoms with E-state index in [2.05, 4.69) is 83.5 Å². The lowest BCUT2D eigenvalue weighted by Crippen LogP contribution is -2.27. The lowest BCUT2D eigenvalue weighted by molar-refractivity contribution is 0.582. The molecule has 0 fully saturated rings. The van der Waals surface area contributed by atoms with Gasteiger partial charge in [-0.05, 0) is 84.6 Å². The number of benzene rings is 7. The van der Waals surface area contributed by atoms with Crippen molar-refractivity contribution in [2.75, 3.05) is 9.34 Å². The van der Waals surface area contributed by atoms with Crippen LogP contribution in [0.25, 0.3) is 61.4 Å². The van der Waals surface area contributed by atoms with E-state index in [0.29, 0.717) is 22.9 Å². The number of fused-ring (bicyclic) bond motifs is 4. The topological polar surface area (TPSA) is 67.2 Å². The molecule has 7 nitrogen and oxygen atoms in total. The van der Waals surface area contributed by atoms with E-state index in [4.69, 9.17) is 15.0 Å². The Kier molecular flexibility index (Phi) is 8.42. The van der Waals surface area contributed by atoms with Gasteiger partial charge in [0.15, 0.2) is 11.6 Å². The quantitative estimate of drug-likeness (QED) is 0.150. The van der Waals surface area contributed by atoms with Crippen molar-refractivity contribution >= 4 is 63.3 Å². The highest BCUT2D eigenvalue weighted by molar-refractivity contribution is 7.76. The van der Waals surface area contributed by atoms with Crippen molar-refractivity contribution in [1.82, 2.24) is 19.5 Å². The first-order chi connectivity index (χ1) is 29.1. The molecule has 0 bridgehead atoms. The molecule has 7 aromatic carbocycles. The van der Waals surface area contributed by atoms with Crippen LogP contribution in [0.3, 0.4) is 0 Å². The van der Waals surface area contributed by atoms with Crippen LogP contribution in [0, 0.1) is 0 Å². The maximum Gasteiger partial charge on any atom is 0.304 e. The molecule has 59 heavy (non-hydrogen) atoms. The maximum atomic E-state index is 16.7. The van der Waals surface area contributed by atoms with Gasteiger partial charge in [-0.15, -0.1) is 0 Å². The minimum atomic E-state index is -3.79. The number of hydrogen-bond donors (Lipinski definition) is 0. The molecular weight excluding hydrogens is 744 g/mol. The fraction of sp³-hybridized carbons (Fsp3) is 0.0392. The largest absolute Gasteiger partial charge is 0.313 e. The first-order valence-corrected chi connectivity index (χ1v) is 21.5. The number of hydrogen-bond acceptors (Lipinski definition) is 4. The normalized spacial score (nSPS) is 16.1. The number of anilines is 4. The SMILES string of the molecule is O=P1(c2ccccc2)N(c2ccccc2)c2ccc(-c3ccc4c(c3)c3ccccc3n4C3=CC=CCC3)cc2N1c1nc(-c2ccccc2)nc(-c2ccccc2)n1. The highest BCUT2D eigenvalue weighted by Crippen LogP contribution is 2.70. The van der Waals surface area contributed by atoms with Crippen molar-refractivity contribution in [2.24, 2.45) is 0 Å². The Labute approximate surface area is 342 Å². The van der Waals surface area contributed by atoms with Crippen LogP contribution in [-0.4, -0.2) is 19.5 Å². The average Bonchev–Trinajstić information content (AvgIpc) is 3.79. The summed E-state index contributed by atoms with van der Waals surface area (Å²) in [6.45, 7) is 0. The summed E-state index contributed by atoms with van der Waals surface area (Å²) >= 11 is 0. The summed E-state index contributed by atoms with van der Waals surface area (Å²) in [6.07, 6.45) is 8.63. The fourth-order valence-corrected chi connectivity index (χ4v) is 11.4. The summed E-state index contributed by atoms with van der Waals surface area (Å²) in [7, 11) is -3.79. The molecule has 3 heterocycles. The fourth-order valence-electron chi connectivity index (χ4n) is 8.51. The Bertz CT molecular complexity index is 3090. The predicted molar refractivity (Wildman–Crippen MR) is 243 cm³/mol. The zero-order valence-corrected chi connectivity index (χ0v) is 32.9. The van der Waals surface area contributed by atoms with Crippen molar-refractivity contribution in [2.45, 2.75) is 12.8 Å². The Hall–Kier alpha value is -7.34. The first-order valence-electron chi connectivity index (χ1n) is 19.9. The third kappa shape index (κ3) is 5.81. The monoisotopic (exact) mass is 780 g/mol. The smallest absolute Gasteiger partial charge is 0.304 e. The molecular formula is C51H37N6OP. The molecule has 1 unspecified atom stereocenters. The first kappa shape index (κ1) is 34.9. The van der Waals surface area contributed by atoms with Crippen molar-refractivity contribution in [3.8, 4) is 33.9 Å². The Morgan fingerprint density at radius 2 is 1.08 bits per heavy atom. The third-order valence-electron chi connectivity index (χ3n) is 11.2. The summed E-state index contributed by atoms with van der Waals surface area (Å²) in [5.41, 5.74) is 9.72. The summed E-state index contributed by atoms with van der Waals surface area (Å²) in [6, 6.07) is 61.3. The van der Waals surface area contributed by atoms with Crippen LogP contribution >= 0.6 is 7.44 Å². The molecule has 9 aromatic rings. The molecule has 1 aliphatic heterocycles. The molecule has 11 rings (SSSR count). The Morgan fingerprint density at radius 1 is 0.492 bits per heavy atom. The number of nitrogens with zero attached hydrogens (tertiary/aromatic N) is 6. The molecule has 2 aliphatic rings. The third-order valence-corrected chi connectivity index (χ3v) is 14.1. The second-order valence-corrected chi connectivity index (χ2v) is 17.2. The highest BCUT2D eigenvalue weighted by atomic mass is 31.2. The van der Waals surface area contributed by atoms with E-state index in [1.807, 2.05) is 131 Å². The summed E-state index contributed by atoms with van der Waals surface area (Å²) in [4.78, 5) is 15.3. The lowest BCUT2D eigenvalue weighted by Gasteiger charge is -2.32. The van der Waals surface area contributed by atoms with Gasteiger partial charge in [0, 0.05) is 33.3 Å². The van der Waals surface area contributed by atoms with Crippen LogP contribution in [0.5, 0.6) is 0 Å². The molecule has 8 heteroatoms. The minimum absolute atomic E-state index is 0.301. The van der Waals surface area contributed by atoms with Crippen molar-refractivity contribution in [3.63, 3.8) is 0 Å². The summed E-state index contributed by atoms with van der Waals surface area (Å²) < 4.78 is 23.0. The van der Waals surface area contributed by atoms with E-state index in [-0.39, 0.29) is 0 Å². The highest BCUT2D eigenvalue weighted by Gasteiger charge is 2.50. The van der Waals surface area contributed by atoms with E-state index in [1.54, 1.807) is 0 Å². The molecule has 1 atom stereocenters. The van der Waals surface area contributed by atoms with Crippen LogP contribution in [0.15, 0.2) is 200 Å². The molecule has 0 spiro atoms. The molecule has 0 radical (unpaired) electrons. The van der Waals surface area contributed by atoms with E-state index < -0.39 is 7.44 Å². The van der Waals surface area contributed by atoms with Crippen molar-refractivity contribution in [3.05, 3.63) is 200 Å². The van der Waals surface area contributed by atoms with Gasteiger partial charge in [-0.3, -0.25) is 9.24 Å². The van der Waals surface area contributed by atoms with Crippen LogP contribution in [-0.2, 0) is 4.57 Å². The molecule has 282 valence electrons. The van der Waals surface area contributed by atoms with Gasteiger partial charge in [0.25, 0.3) is 0 Å². The zero-order chi connectivity index (χ0) is 39.3. The summed E-state index contributed by atoms with van der Waals surface area (Å²) in [5, 5.41) is 3.05. The molecule has 0 amide bonds. The van der Waals surface area contributed by atoms with E-state index in [0.717, 1.165) is 52.2 Å². The second-order valence-electron chi connectivity index (χ2n) is 14.8. The van der Waals surface area contributed by atoms with Gasteiger partial charge < -0.3 is 4.57 Å². The van der Waals surface area contributed by atoms with Gasteiger partial charge in [0.1, 0.15) is 0 Å².